The Balaban J connectivity index is 0.00000131. The lowest BCUT2D eigenvalue weighted by Gasteiger charge is -2.39. The van der Waals surface area contributed by atoms with Crippen LogP contribution in [0, 0.1) is 0 Å². The van der Waals surface area contributed by atoms with Crippen molar-refractivity contribution in [3.63, 3.8) is 0 Å². The number of fused-ring (bicyclic) bond motifs is 1. The van der Waals surface area contributed by atoms with Crippen LogP contribution < -0.4 is 10.2 Å². The first-order chi connectivity index (χ1) is 12.3. The van der Waals surface area contributed by atoms with E-state index in [2.05, 4.69) is 34.5 Å². The number of benzene rings is 2. The summed E-state index contributed by atoms with van der Waals surface area (Å²) in [5.41, 5.74) is 4.39. The molecular weight excluding hydrogens is 379 g/mol. The van der Waals surface area contributed by atoms with E-state index in [1.165, 1.54) is 37.8 Å². The van der Waals surface area contributed by atoms with Crippen molar-refractivity contribution < 1.29 is 5.11 Å². The van der Waals surface area contributed by atoms with Gasteiger partial charge in [0.2, 0.25) is 0 Å². The third-order valence-corrected chi connectivity index (χ3v) is 5.87. The molecule has 0 aromatic heterocycles. The number of anilines is 1. The maximum Gasteiger partial charge on any atom is 0.115 e. The number of aryl methyl sites for hydroxylation is 1. The zero-order chi connectivity index (χ0) is 17.1. The molecule has 1 aliphatic carbocycles. The molecule has 1 fully saturated rings. The van der Waals surface area contributed by atoms with Crippen molar-refractivity contribution in [2.75, 3.05) is 24.5 Å². The van der Waals surface area contributed by atoms with E-state index in [0.717, 1.165) is 19.6 Å². The molecule has 0 spiro atoms. The Morgan fingerprint density at radius 1 is 1.00 bits per heavy atom. The fourth-order valence-corrected chi connectivity index (χ4v) is 4.55. The van der Waals surface area contributed by atoms with E-state index >= 15 is 0 Å². The maximum absolute atomic E-state index is 9.56. The summed E-state index contributed by atoms with van der Waals surface area (Å²) in [6, 6.07) is 17.3. The molecule has 4 rings (SSSR count). The predicted molar refractivity (Wildman–Crippen MR) is 118 cm³/mol. The Hall–Kier alpha value is -1.42. The Morgan fingerprint density at radius 3 is 2.59 bits per heavy atom. The number of hydrogen-bond donors (Lipinski definition) is 2. The lowest BCUT2D eigenvalue weighted by molar-refractivity contribution is 0.412. The standard InChI is InChI=1S/C22H28N2O.2ClH/c25-21-12-10-19(11-13-21)24-15-14-23-16-20(24)9-8-18-6-3-5-17-4-1-2-7-22(17)18;;/h1-2,4,7,10-13,18,20,23,25H,3,5-6,8-9,14-16H2;2*1H. The van der Waals surface area contributed by atoms with Gasteiger partial charge in [0.05, 0.1) is 0 Å². The molecule has 2 N–H and O–H groups in total. The van der Waals surface area contributed by atoms with Crippen molar-refractivity contribution in [2.45, 2.75) is 44.1 Å². The van der Waals surface area contributed by atoms with Crippen molar-refractivity contribution in [2.24, 2.45) is 0 Å². The normalized spacial score (nSPS) is 21.6. The lowest BCUT2D eigenvalue weighted by atomic mass is 9.80. The summed E-state index contributed by atoms with van der Waals surface area (Å²) in [6.45, 7) is 3.12. The Kier molecular flexibility index (Phi) is 8.28. The van der Waals surface area contributed by atoms with E-state index < -0.39 is 0 Å². The van der Waals surface area contributed by atoms with E-state index in [-0.39, 0.29) is 24.8 Å². The van der Waals surface area contributed by atoms with Gasteiger partial charge in [-0.05, 0) is 73.4 Å². The Morgan fingerprint density at radius 2 is 1.78 bits per heavy atom. The molecule has 3 nitrogen and oxygen atoms in total. The van der Waals surface area contributed by atoms with Gasteiger partial charge in [-0.1, -0.05) is 24.3 Å². The van der Waals surface area contributed by atoms with Crippen LogP contribution >= 0.6 is 24.8 Å². The van der Waals surface area contributed by atoms with Crippen molar-refractivity contribution in [1.29, 1.82) is 0 Å². The highest BCUT2D eigenvalue weighted by Crippen LogP contribution is 2.35. The summed E-state index contributed by atoms with van der Waals surface area (Å²) in [5.74, 6) is 1.06. The van der Waals surface area contributed by atoms with E-state index in [0.29, 0.717) is 17.7 Å². The van der Waals surface area contributed by atoms with Crippen molar-refractivity contribution in [3.05, 3.63) is 59.7 Å². The zero-order valence-electron chi connectivity index (χ0n) is 15.6. The Bertz CT molecular complexity index is 708. The second-order valence-corrected chi connectivity index (χ2v) is 7.43. The second-order valence-electron chi connectivity index (χ2n) is 7.43. The van der Waals surface area contributed by atoms with Crippen LogP contribution in [0.15, 0.2) is 48.5 Å². The number of nitrogens with zero attached hydrogens (tertiary/aromatic N) is 1. The topological polar surface area (TPSA) is 35.5 Å². The first kappa shape index (κ1) is 21.9. The van der Waals surface area contributed by atoms with Crippen LogP contribution in [0.5, 0.6) is 5.75 Å². The molecule has 1 saturated heterocycles. The number of piperazine rings is 1. The minimum Gasteiger partial charge on any atom is -0.508 e. The SMILES string of the molecule is Cl.Cl.Oc1ccc(N2CCNCC2CCC2CCCc3ccccc32)cc1. The number of phenolic OH excluding ortho intramolecular Hbond substituents is 1. The van der Waals surface area contributed by atoms with Crippen LogP contribution in [0.1, 0.15) is 42.7 Å². The molecule has 0 saturated carbocycles. The van der Waals surface area contributed by atoms with Gasteiger partial charge < -0.3 is 15.3 Å². The average Bonchev–Trinajstić information content (AvgIpc) is 2.67. The summed E-state index contributed by atoms with van der Waals surface area (Å²) in [5, 5.41) is 13.1. The number of nitrogens with one attached hydrogen (secondary N) is 1. The quantitative estimate of drug-likeness (QED) is 0.753. The second kappa shape index (κ2) is 10.2. The molecule has 148 valence electrons. The van der Waals surface area contributed by atoms with Gasteiger partial charge in [-0.2, -0.15) is 0 Å². The van der Waals surface area contributed by atoms with E-state index in [1.54, 1.807) is 23.3 Å². The van der Waals surface area contributed by atoms with Gasteiger partial charge in [-0.25, -0.2) is 0 Å². The van der Waals surface area contributed by atoms with Crippen LogP contribution in [0.3, 0.4) is 0 Å². The third-order valence-electron chi connectivity index (χ3n) is 5.87. The van der Waals surface area contributed by atoms with Gasteiger partial charge in [0.25, 0.3) is 0 Å². The number of hydrogen-bond acceptors (Lipinski definition) is 3. The van der Waals surface area contributed by atoms with Gasteiger partial charge >= 0.3 is 0 Å². The average molecular weight is 409 g/mol. The number of halogens is 2. The van der Waals surface area contributed by atoms with Crippen molar-refractivity contribution in [3.8, 4) is 5.75 Å². The first-order valence-electron chi connectivity index (χ1n) is 9.65. The van der Waals surface area contributed by atoms with Crippen molar-refractivity contribution in [1.82, 2.24) is 5.32 Å². The van der Waals surface area contributed by atoms with E-state index in [1.807, 2.05) is 12.1 Å². The smallest absolute Gasteiger partial charge is 0.115 e. The summed E-state index contributed by atoms with van der Waals surface area (Å²) in [6.07, 6.45) is 6.38. The zero-order valence-corrected chi connectivity index (χ0v) is 17.3. The molecule has 2 aromatic rings. The van der Waals surface area contributed by atoms with E-state index in [4.69, 9.17) is 0 Å². The highest BCUT2D eigenvalue weighted by Gasteiger charge is 2.25. The molecule has 0 bridgehead atoms. The predicted octanol–water partition coefficient (Wildman–Crippen LogP) is 4.91. The maximum atomic E-state index is 9.56. The first-order valence-corrected chi connectivity index (χ1v) is 9.65. The monoisotopic (exact) mass is 408 g/mol. The molecule has 2 aromatic carbocycles. The fourth-order valence-electron chi connectivity index (χ4n) is 4.55. The molecule has 27 heavy (non-hydrogen) atoms. The summed E-state index contributed by atoms with van der Waals surface area (Å²) in [7, 11) is 0. The number of aromatic hydroxyl groups is 1. The summed E-state index contributed by atoms with van der Waals surface area (Å²) in [4.78, 5) is 2.52. The molecule has 1 heterocycles. The van der Waals surface area contributed by atoms with Crippen LogP contribution in [-0.4, -0.2) is 30.8 Å². The van der Waals surface area contributed by atoms with Gasteiger partial charge in [0.15, 0.2) is 0 Å². The summed E-state index contributed by atoms with van der Waals surface area (Å²) < 4.78 is 0. The number of phenols is 1. The lowest BCUT2D eigenvalue weighted by Crippen LogP contribution is -2.51. The minimum absolute atomic E-state index is 0. The molecule has 1 aliphatic heterocycles. The van der Waals surface area contributed by atoms with Gasteiger partial charge in [-0.3, -0.25) is 0 Å². The van der Waals surface area contributed by atoms with Crippen LogP contribution in [0.25, 0.3) is 0 Å². The Labute approximate surface area is 175 Å². The molecule has 0 amide bonds. The summed E-state index contributed by atoms with van der Waals surface area (Å²) >= 11 is 0. The molecular formula is C22H30Cl2N2O. The third kappa shape index (κ3) is 5.10. The largest absolute Gasteiger partial charge is 0.508 e. The van der Waals surface area contributed by atoms with Crippen molar-refractivity contribution >= 4 is 30.5 Å². The van der Waals surface area contributed by atoms with Gasteiger partial charge in [0.1, 0.15) is 5.75 Å². The highest BCUT2D eigenvalue weighted by molar-refractivity contribution is 5.85. The number of rotatable bonds is 4. The molecule has 2 atom stereocenters. The van der Waals surface area contributed by atoms with E-state index in [9.17, 15) is 5.11 Å². The molecule has 2 unspecified atom stereocenters. The minimum atomic E-state index is 0. The highest BCUT2D eigenvalue weighted by atomic mass is 35.5. The molecule has 0 radical (unpaired) electrons. The van der Waals surface area contributed by atoms with Crippen LogP contribution in [-0.2, 0) is 6.42 Å². The fraction of sp³-hybridized carbons (Fsp3) is 0.455. The van der Waals surface area contributed by atoms with Gasteiger partial charge in [0, 0.05) is 31.4 Å². The van der Waals surface area contributed by atoms with Crippen LogP contribution in [0.2, 0.25) is 0 Å². The molecule has 5 heteroatoms. The van der Waals surface area contributed by atoms with Crippen LogP contribution in [0.4, 0.5) is 5.69 Å². The van der Waals surface area contributed by atoms with Gasteiger partial charge in [-0.15, -0.1) is 24.8 Å². The molecule has 2 aliphatic rings.